The molecule has 1 rings (SSSR count). The van der Waals surface area contributed by atoms with E-state index < -0.39 is 18.0 Å². The fourth-order valence-electron chi connectivity index (χ4n) is 2.69. The highest BCUT2D eigenvalue weighted by Crippen LogP contribution is 2.33. The monoisotopic (exact) mass is 298 g/mol. The maximum Gasteiger partial charge on any atom is 0.163 e. The summed E-state index contributed by atoms with van der Waals surface area (Å²) in [5.41, 5.74) is 0. The van der Waals surface area contributed by atoms with Crippen LogP contribution in [0.5, 0.6) is 0 Å². The molecule has 2 N–H and O–H groups in total. The molecule has 1 aliphatic rings. The first-order valence-corrected chi connectivity index (χ1v) is 7.83. The van der Waals surface area contributed by atoms with Crippen molar-refractivity contribution < 1.29 is 19.7 Å². The molecule has 0 bridgehead atoms. The molecule has 4 heteroatoms. The molecule has 1 fully saturated rings. The summed E-state index contributed by atoms with van der Waals surface area (Å²) >= 11 is 0. The van der Waals surface area contributed by atoms with Gasteiger partial charge in [-0.05, 0) is 52.4 Å². The Balaban J connectivity index is 2.43. The van der Waals surface area contributed by atoms with E-state index in [-0.39, 0.29) is 12.2 Å². The number of aliphatic hydroxyl groups excluding tert-OH is 2. The van der Waals surface area contributed by atoms with Gasteiger partial charge in [0.1, 0.15) is 0 Å². The quantitative estimate of drug-likeness (QED) is 0.609. The number of hydrogen-bond acceptors (Lipinski definition) is 4. The predicted octanol–water partition coefficient (Wildman–Crippen LogP) is 2.94. The van der Waals surface area contributed by atoms with Crippen molar-refractivity contribution in [3.63, 3.8) is 0 Å². The van der Waals surface area contributed by atoms with Gasteiger partial charge in [0.05, 0.1) is 24.4 Å². The van der Waals surface area contributed by atoms with Crippen molar-refractivity contribution in [2.45, 2.75) is 82.6 Å². The molecule has 0 aromatic heterocycles. The second-order valence-electron chi connectivity index (χ2n) is 6.16. The van der Waals surface area contributed by atoms with Crippen LogP contribution in [0.4, 0.5) is 0 Å². The van der Waals surface area contributed by atoms with E-state index in [1.165, 1.54) is 0 Å². The summed E-state index contributed by atoms with van der Waals surface area (Å²) in [5.74, 6) is -0.580. The first kappa shape index (κ1) is 18.4. The lowest BCUT2D eigenvalue weighted by Gasteiger charge is -2.21. The molecule has 21 heavy (non-hydrogen) atoms. The third kappa shape index (κ3) is 6.30. The molecule has 0 spiro atoms. The highest BCUT2D eigenvalue weighted by Gasteiger charge is 2.40. The SMILES string of the molecule is C=CCC[C@@H](O)[C@H](O)CC[C@H]1OC(C)(C)O[C@@H]1CCC=C. The smallest absolute Gasteiger partial charge is 0.163 e. The van der Waals surface area contributed by atoms with E-state index in [0.29, 0.717) is 25.7 Å². The van der Waals surface area contributed by atoms with Crippen LogP contribution in [0.2, 0.25) is 0 Å². The van der Waals surface area contributed by atoms with Crippen LogP contribution < -0.4 is 0 Å². The first-order chi connectivity index (χ1) is 9.89. The van der Waals surface area contributed by atoms with Crippen LogP contribution in [-0.4, -0.2) is 40.4 Å². The molecule has 0 aliphatic carbocycles. The second-order valence-corrected chi connectivity index (χ2v) is 6.16. The zero-order chi connectivity index (χ0) is 15.9. The minimum absolute atomic E-state index is 0.0236. The van der Waals surface area contributed by atoms with E-state index in [0.717, 1.165) is 12.8 Å². The number of hydrogen-bond donors (Lipinski definition) is 2. The highest BCUT2D eigenvalue weighted by atomic mass is 16.7. The molecule has 0 unspecified atom stereocenters. The predicted molar refractivity (Wildman–Crippen MR) is 83.9 cm³/mol. The third-order valence-corrected chi connectivity index (χ3v) is 3.80. The van der Waals surface area contributed by atoms with Gasteiger partial charge in [-0.1, -0.05) is 12.2 Å². The maximum absolute atomic E-state index is 10.0. The van der Waals surface area contributed by atoms with Crippen molar-refractivity contribution in [2.24, 2.45) is 0 Å². The van der Waals surface area contributed by atoms with Gasteiger partial charge in [0.25, 0.3) is 0 Å². The van der Waals surface area contributed by atoms with E-state index in [9.17, 15) is 10.2 Å². The molecule has 1 heterocycles. The normalized spacial score (nSPS) is 27.2. The number of allylic oxidation sites excluding steroid dienone is 2. The van der Waals surface area contributed by atoms with Crippen LogP contribution in [0.25, 0.3) is 0 Å². The lowest BCUT2D eigenvalue weighted by atomic mass is 9.98. The molecule has 0 saturated carbocycles. The molecule has 0 aromatic carbocycles. The van der Waals surface area contributed by atoms with Crippen molar-refractivity contribution in [2.75, 3.05) is 0 Å². The number of rotatable bonds is 10. The van der Waals surface area contributed by atoms with Gasteiger partial charge < -0.3 is 19.7 Å². The van der Waals surface area contributed by atoms with Crippen molar-refractivity contribution in [3.8, 4) is 0 Å². The van der Waals surface area contributed by atoms with Crippen molar-refractivity contribution in [1.82, 2.24) is 0 Å². The Morgan fingerprint density at radius 2 is 1.48 bits per heavy atom. The highest BCUT2D eigenvalue weighted by molar-refractivity contribution is 4.85. The minimum Gasteiger partial charge on any atom is -0.390 e. The Kier molecular flexibility index (Phi) is 7.60. The van der Waals surface area contributed by atoms with Crippen LogP contribution in [0.15, 0.2) is 25.3 Å². The lowest BCUT2D eigenvalue weighted by molar-refractivity contribution is -0.147. The summed E-state index contributed by atoms with van der Waals surface area (Å²) in [6.07, 6.45) is 6.35. The maximum atomic E-state index is 10.0. The van der Waals surface area contributed by atoms with Gasteiger partial charge in [0.2, 0.25) is 0 Å². The fraction of sp³-hybridized carbons (Fsp3) is 0.765. The van der Waals surface area contributed by atoms with E-state index in [1.54, 1.807) is 6.08 Å². The average molecular weight is 298 g/mol. The lowest BCUT2D eigenvalue weighted by Crippen LogP contribution is -2.29. The average Bonchev–Trinajstić information content (AvgIpc) is 2.74. The van der Waals surface area contributed by atoms with Crippen LogP contribution in [-0.2, 0) is 9.47 Å². The summed E-state index contributed by atoms with van der Waals surface area (Å²) in [5, 5.41) is 19.8. The minimum atomic E-state index is -0.725. The number of ether oxygens (including phenoxy) is 2. The third-order valence-electron chi connectivity index (χ3n) is 3.80. The standard InChI is InChI=1S/C17H30O4/c1-5-7-9-13(18)14(19)11-12-16-15(10-8-6-2)20-17(3,4)21-16/h5-6,13-16,18-19H,1-2,7-12H2,3-4H3/t13-,14-,15-,16-/m1/s1. The van der Waals surface area contributed by atoms with Crippen LogP contribution in [0.1, 0.15) is 52.4 Å². The molecular weight excluding hydrogens is 268 g/mol. The van der Waals surface area contributed by atoms with E-state index in [1.807, 2.05) is 19.9 Å². The Bertz CT molecular complexity index is 327. The summed E-state index contributed by atoms with van der Waals surface area (Å²) in [7, 11) is 0. The van der Waals surface area contributed by atoms with Crippen LogP contribution in [0.3, 0.4) is 0 Å². The largest absolute Gasteiger partial charge is 0.390 e. The van der Waals surface area contributed by atoms with Crippen molar-refractivity contribution in [3.05, 3.63) is 25.3 Å². The molecule has 1 saturated heterocycles. The zero-order valence-electron chi connectivity index (χ0n) is 13.3. The van der Waals surface area contributed by atoms with Gasteiger partial charge in [0.15, 0.2) is 5.79 Å². The summed E-state index contributed by atoms with van der Waals surface area (Å²) in [6, 6.07) is 0. The molecule has 122 valence electrons. The molecule has 1 aliphatic heterocycles. The topological polar surface area (TPSA) is 58.9 Å². The van der Waals surface area contributed by atoms with Gasteiger partial charge in [-0.3, -0.25) is 0 Å². The van der Waals surface area contributed by atoms with Gasteiger partial charge >= 0.3 is 0 Å². The number of aliphatic hydroxyl groups is 2. The van der Waals surface area contributed by atoms with E-state index in [4.69, 9.17) is 9.47 Å². The Labute approximate surface area is 128 Å². The van der Waals surface area contributed by atoms with E-state index in [2.05, 4.69) is 13.2 Å². The van der Waals surface area contributed by atoms with Crippen LogP contribution >= 0.6 is 0 Å². The summed E-state index contributed by atoms with van der Waals surface area (Å²) in [6.45, 7) is 11.2. The van der Waals surface area contributed by atoms with Crippen molar-refractivity contribution in [1.29, 1.82) is 0 Å². The molecule has 0 aromatic rings. The van der Waals surface area contributed by atoms with Crippen molar-refractivity contribution >= 4 is 0 Å². The Hall–Kier alpha value is -0.680. The van der Waals surface area contributed by atoms with E-state index >= 15 is 0 Å². The summed E-state index contributed by atoms with van der Waals surface area (Å²) in [4.78, 5) is 0. The first-order valence-electron chi connectivity index (χ1n) is 7.83. The van der Waals surface area contributed by atoms with Gasteiger partial charge in [-0.2, -0.15) is 0 Å². The fourth-order valence-corrected chi connectivity index (χ4v) is 2.69. The zero-order valence-corrected chi connectivity index (χ0v) is 13.3. The van der Waals surface area contributed by atoms with Gasteiger partial charge in [0, 0.05) is 0 Å². The van der Waals surface area contributed by atoms with Gasteiger partial charge in [-0.15, -0.1) is 13.2 Å². The molecule has 0 radical (unpaired) electrons. The van der Waals surface area contributed by atoms with Gasteiger partial charge in [-0.25, -0.2) is 0 Å². The van der Waals surface area contributed by atoms with Crippen LogP contribution in [0, 0.1) is 0 Å². The summed E-state index contributed by atoms with van der Waals surface area (Å²) < 4.78 is 11.8. The molecule has 0 amide bonds. The molecular formula is C17H30O4. The molecule has 4 atom stereocenters. The Morgan fingerprint density at radius 1 is 0.952 bits per heavy atom. The second kappa shape index (κ2) is 8.69. The molecule has 4 nitrogen and oxygen atoms in total. The Morgan fingerprint density at radius 3 is 2.05 bits per heavy atom.